The predicted molar refractivity (Wildman–Crippen MR) is 80.3 cm³/mol. The third-order valence-electron chi connectivity index (χ3n) is 4.25. The van der Waals surface area contributed by atoms with Crippen molar-refractivity contribution in [1.82, 2.24) is 15.2 Å². The Morgan fingerprint density at radius 1 is 1.26 bits per heavy atom. The molecule has 1 fully saturated rings. The molecular weight excluding hydrogens is 234 g/mol. The summed E-state index contributed by atoms with van der Waals surface area (Å²) in [6, 6.07) is 9.49. The Kier molecular flexibility index (Phi) is 3.85. The fourth-order valence-corrected chi connectivity index (χ4v) is 2.93. The summed E-state index contributed by atoms with van der Waals surface area (Å²) in [5.41, 5.74) is 2.60. The summed E-state index contributed by atoms with van der Waals surface area (Å²) >= 11 is 0. The maximum atomic E-state index is 3.70. The fourth-order valence-electron chi connectivity index (χ4n) is 2.93. The normalized spacial score (nSPS) is 18.2. The lowest BCUT2D eigenvalue weighted by atomic mass is 10.0. The van der Waals surface area contributed by atoms with Gasteiger partial charge in [-0.15, -0.1) is 0 Å². The summed E-state index contributed by atoms with van der Waals surface area (Å²) in [6.07, 6.45) is 4.56. The number of H-pyrrole nitrogens is 1. The van der Waals surface area contributed by atoms with Crippen LogP contribution in [0.25, 0.3) is 10.9 Å². The smallest absolute Gasteiger partial charge is 0.0454 e. The van der Waals surface area contributed by atoms with Gasteiger partial charge in [-0.25, -0.2) is 0 Å². The average molecular weight is 257 g/mol. The van der Waals surface area contributed by atoms with Crippen molar-refractivity contribution >= 4 is 10.9 Å². The molecule has 0 atom stereocenters. The Bertz CT molecular complexity index is 524. The molecule has 3 heteroatoms. The number of benzene rings is 1. The molecule has 0 amide bonds. The molecule has 0 radical (unpaired) electrons. The van der Waals surface area contributed by atoms with Gasteiger partial charge in [0.25, 0.3) is 0 Å². The Labute approximate surface area is 115 Å². The largest absolute Gasteiger partial charge is 0.361 e. The standard InChI is InChI=1S/C16H23N3/c1-2-19-9-6-15(7-10-19)18-12-13-3-4-16-14(11-13)5-8-17-16/h3-5,8,11,15,17-18H,2,6-7,9-10,12H2,1H3. The van der Waals surface area contributed by atoms with Gasteiger partial charge in [0.1, 0.15) is 0 Å². The van der Waals surface area contributed by atoms with E-state index < -0.39 is 0 Å². The first-order chi connectivity index (χ1) is 9.35. The van der Waals surface area contributed by atoms with Gasteiger partial charge in [-0.05, 0) is 61.6 Å². The van der Waals surface area contributed by atoms with E-state index in [-0.39, 0.29) is 0 Å². The second-order valence-corrected chi connectivity index (χ2v) is 5.49. The van der Waals surface area contributed by atoms with Crippen molar-refractivity contribution in [2.24, 2.45) is 0 Å². The lowest BCUT2D eigenvalue weighted by molar-refractivity contribution is 0.206. The SMILES string of the molecule is CCN1CCC(NCc2ccc3[nH]ccc3c2)CC1. The van der Waals surface area contributed by atoms with Gasteiger partial charge in [-0.3, -0.25) is 0 Å². The van der Waals surface area contributed by atoms with Gasteiger partial charge in [-0.1, -0.05) is 13.0 Å². The molecule has 1 saturated heterocycles. The monoisotopic (exact) mass is 257 g/mol. The van der Waals surface area contributed by atoms with Gasteiger partial charge in [0.15, 0.2) is 0 Å². The van der Waals surface area contributed by atoms with Crippen molar-refractivity contribution in [3.63, 3.8) is 0 Å². The zero-order valence-corrected chi connectivity index (χ0v) is 11.7. The van der Waals surface area contributed by atoms with Gasteiger partial charge in [0.2, 0.25) is 0 Å². The first-order valence-electron chi connectivity index (χ1n) is 7.37. The molecule has 3 nitrogen and oxygen atoms in total. The summed E-state index contributed by atoms with van der Waals surface area (Å²) in [5.74, 6) is 0. The first-order valence-corrected chi connectivity index (χ1v) is 7.37. The average Bonchev–Trinajstić information content (AvgIpc) is 2.93. The van der Waals surface area contributed by atoms with Gasteiger partial charge < -0.3 is 15.2 Å². The topological polar surface area (TPSA) is 31.1 Å². The number of likely N-dealkylation sites (tertiary alicyclic amines) is 1. The molecule has 3 rings (SSSR count). The van der Waals surface area contributed by atoms with E-state index in [0.717, 1.165) is 6.54 Å². The van der Waals surface area contributed by atoms with E-state index in [1.54, 1.807) is 0 Å². The van der Waals surface area contributed by atoms with Crippen LogP contribution in [0.1, 0.15) is 25.3 Å². The molecule has 2 N–H and O–H groups in total. The molecule has 1 aliphatic heterocycles. The van der Waals surface area contributed by atoms with Gasteiger partial charge in [-0.2, -0.15) is 0 Å². The molecule has 1 aromatic heterocycles. The van der Waals surface area contributed by atoms with Crippen molar-refractivity contribution in [1.29, 1.82) is 0 Å². The minimum Gasteiger partial charge on any atom is -0.361 e. The summed E-state index contributed by atoms with van der Waals surface area (Å²) in [4.78, 5) is 5.77. The van der Waals surface area contributed by atoms with Crippen LogP contribution in [0.4, 0.5) is 0 Å². The Morgan fingerprint density at radius 2 is 2.11 bits per heavy atom. The molecule has 0 aliphatic carbocycles. The highest BCUT2D eigenvalue weighted by atomic mass is 15.1. The van der Waals surface area contributed by atoms with E-state index in [9.17, 15) is 0 Å². The molecule has 0 spiro atoms. The molecule has 0 saturated carbocycles. The third-order valence-corrected chi connectivity index (χ3v) is 4.25. The van der Waals surface area contributed by atoms with Crippen LogP contribution in [0.3, 0.4) is 0 Å². The molecule has 102 valence electrons. The molecule has 1 aromatic carbocycles. The van der Waals surface area contributed by atoms with Crippen molar-refractivity contribution in [3.8, 4) is 0 Å². The van der Waals surface area contributed by atoms with Gasteiger partial charge in [0, 0.05) is 24.3 Å². The summed E-state index contributed by atoms with van der Waals surface area (Å²) < 4.78 is 0. The quantitative estimate of drug-likeness (QED) is 0.882. The van der Waals surface area contributed by atoms with Crippen LogP contribution in [0.15, 0.2) is 30.5 Å². The van der Waals surface area contributed by atoms with Crippen LogP contribution < -0.4 is 5.32 Å². The van der Waals surface area contributed by atoms with Crippen LogP contribution in [0.2, 0.25) is 0 Å². The lowest BCUT2D eigenvalue weighted by Crippen LogP contribution is -2.42. The van der Waals surface area contributed by atoms with Crippen LogP contribution in [-0.4, -0.2) is 35.6 Å². The molecule has 2 aromatic rings. The Hall–Kier alpha value is -1.32. The van der Waals surface area contributed by atoms with Crippen LogP contribution in [0.5, 0.6) is 0 Å². The Balaban J connectivity index is 1.54. The van der Waals surface area contributed by atoms with Crippen LogP contribution >= 0.6 is 0 Å². The molecule has 0 bridgehead atoms. The number of rotatable bonds is 4. The number of nitrogens with zero attached hydrogens (tertiary/aromatic N) is 1. The summed E-state index contributed by atoms with van der Waals surface area (Å²) in [7, 11) is 0. The third kappa shape index (κ3) is 2.99. The second kappa shape index (κ2) is 5.76. The molecular formula is C16H23N3. The molecule has 1 aliphatic rings. The highest BCUT2D eigenvalue weighted by Crippen LogP contribution is 2.15. The van der Waals surface area contributed by atoms with E-state index in [0.29, 0.717) is 6.04 Å². The number of hydrogen-bond acceptors (Lipinski definition) is 2. The van der Waals surface area contributed by atoms with Gasteiger partial charge >= 0.3 is 0 Å². The number of nitrogens with one attached hydrogen (secondary N) is 2. The van der Waals surface area contributed by atoms with Crippen LogP contribution in [-0.2, 0) is 6.54 Å². The zero-order chi connectivity index (χ0) is 13.1. The number of aromatic amines is 1. The van der Waals surface area contributed by atoms with Crippen molar-refractivity contribution < 1.29 is 0 Å². The number of hydrogen-bond donors (Lipinski definition) is 2. The first kappa shape index (κ1) is 12.7. The van der Waals surface area contributed by atoms with Crippen molar-refractivity contribution in [2.45, 2.75) is 32.4 Å². The fraction of sp³-hybridized carbons (Fsp3) is 0.500. The zero-order valence-electron chi connectivity index (χ0n) is 11.7. The highest BCUT2D eigenvalue weighted by Gasteiger charge is 2.17. The van der Waals surface area contributed by atoms with E-state index in [1.807, 2.05) is 6.20 Å². The number of piperidine rings is 1. The highest BCUT2D eigenvalue weighted by molar-refractivity contribution is 5.79. The minimum absolute atomic E-state index is 0.685. The summed E-state index contributed by atoms with van der Waals surface area (Å²) in [6.45, 7) is 6.91. The summed E-state index contributed by atoms with van der Waals surface area (Å²) in [5, 5.41) is 5.01. The van der Waals surface area contributed by atoms with E-state index >= 15 is 0 Å². The minimum atomic E-state index is 0.685. The maximum Gasteiger partial charge on any atom is 0.0454 e. The number of aromatic nitrogens is 1. The molecule has 19 heavy (non-hydrogen) atoms. The van der Waals surface area contributed by atoms with E-state index in [1.165, 1.54) is 48.9 Å². The molecule has 0 unspecified atom stereocenters. The lowest BCUT2D eigenvalue weighted by Gasteiger charge is -2.31. The van der Waals surface area contributed by atoms with Crippen molar-refractivity contribution in [3.05, 3.63) is 36.0 Å². The predicted octanol–water partition coefficient (Wildman–Crippen LogP) is 2.74. The van der Waals surface area contributed by atoms with Gasteiger partial charge in [0.05, 0.1) is 0 Å². The van der Waals surface area contributed by atoms with E-state index in [2.05, 4.69) is 46.4 Å². The second-order valence-electron chi connectivity index (χ2n) is 5.49. The van der Waals surface area contributed by atoms with Crippen molar-refractivity contribution in [2.75, 3.05) is 19.6 Å². The Morgan fingerprint density at radius 3 is 2.89 bits per heavy atom. The number of fused-ring (bicyclic) bond motifs is 1. The van der Waals surface area contributed by atoms with Crippen LogP contribution in [0, 0.1) is 0 Å². The molecule has 2 heterocycles. The maximum absolute atomic E-state index is 3.70. The van der Waals surface area contributed by atoms with E-state index in [4.69, 9.17) is 0 Å².